The third-order valence-electron chi connectivity index (χ3n) is 15.0. The fourth-order valence-corrected chi connectivity index (χ4v) is 10.5. The molecule has 0 rings (SSSR count). The molecule has 0 radical (unpaired) electrons. The Kier molecular flexibility index (Phi) is 60.0. The van der Waals surface area contributed by atoms with Crippen LogP contribution < -0.4 is 10.2 Å². The van der Waals surface area contributed by atoms with Gasteiger partial charge in [-0.25, -0.2) is 0 Å². The van der Waals surface area contributed by atoms with E-state index in [0.717, 1.165) is 77.0 Å². The van der Waals surface area contributed by atoms with Gasteiger partial charge in [-0.05, 0) is 89.9 Å². The second-order valence-corrected chi connectivity index (χ2v) is 25.5. The monoisotopic (exact) mass is 1150 g/mol. The van der Waals surface area contributed by atoms with Crippen LogP contribution in [0.3, 0.4) is 0 Å². The van der Waals surface area contributed by atoms with E-state index >= 15 is 0 Å². The van der Waals surface area contributed by atoms with Crippen LogP contribution in [-0.2, 0) is 18.4 Å². The van der Waals surface area contributed by atoms with Crippen molar-refractivity contribution >= 4 is 13.7 Å². The van der Waals surface area contributed by atoms with E-state index in [2.05, 4.69) is 104 Å². The van der Waals surface area contributed by atoms with Gasteiger partial charge in [-0.2, -0.15) is 0 Å². The summed E-state index contributed by atoms with van der Waals surface area (Å²) in [5.74, 6) is -0.213. The van der Waals surface area contributed by atoms with Gasteiger partial charge in [0.05, 0.1) is 39.9 Å². The predicted octanol–water partition coefficient (Wildman–Crippen LogP) is 21.1. The number of rotatable bonds is 62. The van der Waals surface area contributed by atoms with Crippen molar-refractivity contribution in [3.05, 3.63) is 97.2 Å². The average Bonchev–Trinajstić information content (AvgIpc) is 3.43. The SMILES string of the molecule is CC/C=C\C/C=C\C/C=C\C/C=C\C/C=C\CCCCCCCCCCCCCCCC(=O)NC(COP(=O)([O-])OCC[N+](C)(C)C)C(O)/C=C/CC/C=C/CC/C=C/CCCCCCCCCCCCCCCCCCCCCC. The van der Waals surface area contributed by atoms with E-state index in [1.54, 1.807) is 6.08 Å². The van der Waals surface area contributed by atoms with E-state index in [9.17, 15) is 19.4 Å². The highest BCUT2D eigenvalue weighted by Crippen LogP contribution is 2.38. The summed E-state index contributed by atoms with van der Waals surface area (Å²) in [6.07, 6.45) is 89.6. The van der Waals surface area contributed by atoms with Gasteiger partial charge in [0, 0.05) is 6.42 Å². The topological polar surface area (TPSA) is 108 Å². The van der Waals surface area contributed by atoms with E-state index in [1.807, 2.05) is 27.2 Å². The molecule has 0 spiro atoms. The molecule has 0 saturated heterocycles. The summed E-state index contributed by atoms with van der Waals surface area (Å²) in [6, 6.07) is -0.918. The lowest BCUT2D eigenvalue weighted by molar-refractivity contribution is -0.870. The molecule has 0 fully saturated rings. The van der Waals surface area contributed by atoms with Gasteiger partial charge in [-0.15, -0.1) is 0 Å². The van der Waals surface area contributed by atoms with Gasteiger partial charge in [0.2, 0.25) is 5.91 Å². The second-order valence-electron chi connectivity index (χ2n) is 24.1. The zero-order chi connectivity index (χ0) is 59.1. The number of aliphatic hydroxyl groups is 1. The smallest absolute Gasteiger partial charge is 0.268 e. The molecule has 0 saturated carbocycles. The molecule has 0 aliphatic rings. The van der Waals surface area contributed by atoms with Gasteiger partial charge in [0.25, 0.3) is 7.82 Å². The number of carbonyl (C=O) groups excluding carboxylic acids is 1. The van der Waals surface area contributed by atoms with Crippen molar-refractivity contribution in [2.45, 2.75) is 315 Å². The van der Waals surface area contributed by atoms with Crippen LogP contribution in [0.2, 0.25) is 0 Å². The summed E-state index contributed by atoms with van der Waals surface area (Å²) in [4.78, 5) is 25.6. The van der Waals surface area contributed by atoms with Crippen LogP contribution in [0.25, 0.3) is 0 Å². The minimum Gasteiger partial charge on any atom is -0.756 e. The largest absolute Gasteiger partial charge is 0.756 e. The number of amides is 1. The van der Waals surface area contributed by atoms with Gasteiger partial charge < -0.3 is 28.8 Å². The van der Waals surface area contributed by atoms with Crippen molar-refractivity contribution in [2.75, 3.05) is 40.9 Å². The van der Waals surface area contributed by atoms with Crippen LogP contribution >= 0.6 is 7.82 Å². The van der Waals surface area contributed by atoms with Crippen LogP contribution in [0.15, 0.2) is 97.2 Å². The molecule has 0 aromatic heterocycles. The highest BCUT2D eigenvalue weighted by Gasteiger charge is 2.23. The first-order valence-electron chi connectivity index (χ1n) is 34.1. The number of hydrogen-bond donors (Lipinski definition) is 2. The normalized spacial score (nSPS) is 14.3. The Labute approximate surface area is 502 Å². The number of phosphoric acid groups is 1. The number of nitrogens with one attached hydrogen (secondary N) is 1. The minimum atomic E-state index is -4.62. The third kappa shape index (κ3) is 64.8. The first kappa shape index (κ1) is 78.4. The molecule has 81 heavy (non-hydrogen) atoms. The van der Waals surface area contributed by atoms with Crippen LogP contribution in [0.4, 0.5) is 0 Å². The Bertz CT molecular complexity index is 1640. The van der Waals surface area contributed by atoms with E-state index in [4.69, 9.17) is 9.05 Å². The number of quaternary nitrogens is 1. The van der Waals surface area contributed by atoms with E-state index in [0.29, 0.717) is 17.4 Å². The van der Waals surface area contributed by atoms with Crippen LogP contribution in [-0.4, -0.2) is 68.5 Å². The maximum atomic E-state index is 13.0. The number of allylic oxidation sites excluding steroid dienone is 15. The van der Waals surface area contributed by atoms with Gasteiger partial charge >= 0.3 is 0 Å². The van der Waals surface area contributed by atoms with Crippen LogP contribution in [0, 0.1) is 0 Å². The Balaban J connectivity index is 4.17. The van der Waals surface area contributed by atoms with Crippen molar-refractivity contribution in [3.8, 4) is 0 Å². The Morgan fingerprint density at radius 1 is 0.444 bits per heavy atom. The first-order chi connectivity index (χ1) is 39.5. The summed E-state index contributed by atoms with van der Waals surface area (Å²) in [5.41, 5.74) is 0. The fraction of sp³-hybridized carbons (Fsp3) is 0.764. The Morgan fingerprint density at radius 3 is 1.15 bits per heavy atom. The molecule has 9 heteroatoms. The molecule has 0 aromatic carbocycles. The van der Waals surface area contributed by atoms with E-state index < -0.39 is 26.6 Å². The van der Waals surface area contributed by atoms with E-state index in [-0.39, 0.29) is 12.5 Å². The number of likely N-dealkylation sites (N-methyl/N-ethyl adjacent to an activating group) is 1. The lowest BCUT2D eigenvalue weighted by Gasteiger charge is -2.29. The fourth-order valence-electron chi connectivity index (χ4n) is 9.74. The minimum absolute atomic E-state index is 0.0128. The lowest BCUT2D eigenvalue weighted by Crippen LogP contribution is -2.45. The number of nitrogens with zero attached hydrogens (tertiary/aromatic N) is 1. The number of hydrogen-bond acceptors (Lipinski definition) is 6. The van der Waals surface area contributed by atoms with Gasteiger partial charge in [0.1, 0.15) is 13.2 Å². The van der Waals surface area contributed by atoms with Crippen molar-refractivity contribution in [1.29, 1.82) is 0 Å². The van der Waals surface area contributed by atoms with Crippen LogP contribution in [0.5, 0.6) is 0 Å². The summed E-state index contributed by atoms with van der Waals surface area (Å²) >= 11 is 0. The number of unbranched alkanes of at least 4 members (excludes halogenated alkanes) is 35. The zero-order valence-corrected chi connectivity index (χ0v) is 54.6. The van der Waals surface area contributed by atoms with Crippen molar-refractivity contribution in [1.82, 2.24) is 5.32 Å². The molecule has 3 atom stereocenters. The maximum absolute atomic E-state index is 13.0. The molecule has 2 N–H and O–H groups in total. The third-order valence-corrected chi connectivity index (χ3v) is 16.0. The molecule has 0 heterocycles. The van der Waals surface area contributed by atoms with E-state index in [1.165, 1.54) is 205 Å². The maximum Gasteiger partial charge on any atom is 0.268 e. The number of phosphoric ester groups is 1. The van der Waals surface area contributed by atoms with Gasteiger partial charge in [-0.1, -0.05) is 304 Å². The van der Waals surface area contributed by atoms with Crippen molar-refractivity contribution in [2.24, 2.45) is 0 Å². The Hall–Kier alpha value is -2.58. The second kappa shape index (κ2) is 62.0. The quantitative estimate of drug-likeness (QED) is 0.0272. The molecule has 0 aromatic rings. The molecular formula is C72H131N2O6P. The molecular weight excluding hydrogens is 1020 g/mol. The summed E-state index contributed by atoms with van der Waals surface area (Å²) in [6.45, 7) is 4.53. The highest BCUT2D eigenvalue weighted by molar-refractivity contribution is 7.45. The van der Waals surface area contributed by atoms with Crippen molar-refractivity contribution < 1.29 is 32.9 Å². The molecule has 0 bridgehead atoms. The van der Waals surface area contributed by atoms with Gasteiger partial charge in [0.15, 0.2) is 0 Å². The predicted molar refractivity (Wildman–Crippen MR) is 353 cm³/mol. The molecule has 0 aliphatic heterocycles. The zero-order valence-electron chi connectivity index (χ0n) is 53.7. The standard InChI is InChI=1S/C72H131N2O6P/c1-6-8-10-12-14-16-18-20-22-24-26-28-30-32-34-36-38-39-41-43-45-47-49-51-53-55-57-59-61-63-65-71(75)70(69-80-81(77,78)79-68-67-74(3,4)5)73-72(76)66-64-62-60-58-56-54-52-50-48-46-44-42-40-37-35-33-31-29-27-25-23-21-19-17-15-13-11-9-7-2/h9,11,15,17,21,23,27,29,33,35,47,49,55,57,63,65,70-71,75H,6-8,10,12-14,16,18-20,22,24-26,28,30-32,34,36-46,48,50-54,56,58-62,64,66-69H2,1-5H3,(H-,73,76,77,78)/b11-9-,17-15-,23-21-,29-27-,35-33-,49-47+,57-55+,65-63+. The van der Waals surface area contributed by atoms with Crippen molar-refractivity contribution in [3.63, 3.8) is 0 Å². The van der Waals surface area contributed by atoms with Crippen LogP contribution in [0.1, 0.15) is 303 Å². The average molecular weight is 1150 g/mol. The Morgan fingerprint density at radius 2 is 0.765 bits per heavy atom. The molecule has 3 unspecified atom stereocenters. The summed E-state index contributed by atoms with van der Waals surface area (Å²) in [7, 11) is 1.23. The number of aliphatic hydroxyl groups excluding tert-OH is 1. The number of carbonyl (C=O) groups is 1. The summed E-state index contributed by atoms with van der Waals surface area (Å²) < 4.78 is 23.4. The molecule has 1 amide bonds. The molecule has 470 valence electrons. The first-order valence-corrected chi connectivity index (χ1v) is 35.6. The van der Waals surface area contributed by atoms with Gasteiger partial charge in [-0.3, -0.25) is 9.36 Å². The summed E-state index contributed by atoms with van der Waals surface area (Å²) in [5, 5.41) is 13.9. The molecule has 8 nitrogen and oxygen atoms in total. The lowest BCUT2D eigenvalue weighted by atomic mass is 10.0. The molecule has 0 aliphatic carbocycles. The highest BCUT2D eigenvalue weighted by atomic mass is 31.2.